The van der Waals surface area contributed by atoms with E-state index in [0.717, 1.165) is 17.1 Å². The van der Waals surface area contributed by atoms with Gasteiger partial charge in [0.1, 0.15) is 0 Å². The van der Waals surface area contributed by atoms with E-state index < -0.39 is 0 Å². The Morgan fingerprint density at radius 1 is 0.667 bits per heavy atom. The molecule has 0 heterocycles. The van der Waals surface area contributed by atoms with Crippen LogP contribution in [-0.4, -0.2) is 11.4 Å². The van der Waals surface area contributed by atoms with E-state index in [9.17, 15) is 0 Å². The molecule has 5 heteroatoms. The number of hydrogen-bond acceptors (Lipinski definition) is 4. The predicted molar refractivity (Wildman–Crippen MR) is 104 cm³/mol. The van der Waals surface area contributed by atoms with Crippen LogP contribution >= 0.6 is 0 Å². The quantitative estimate of drug-likeness (QED) is 0.374. The van der Waals surface area contributed by atoms with Crippen molar-refractivity contribution in [3.8, 4) is 0 Å². The number of anilines is 3. The van der Waals surface area contributed by atoms with Gasteiger partial charge in [0.2, 0.25) is 0 Å². The summed E-state index contributed by atoms with van der Waals surface area (Å²) in [4.78, 5) is 0. The molecule has 5 nitrogen and oxygen atoms in total. The lowest BCUT2D eigenvalue weighted by Crippen LogP contribution is -2.37. The van der Waals surface area contributed by atoms with Gasteiger partial charge in [0, 0.05) is 29.2 Å². The highest BCUT2D eigenvalue weighted by Gasteiger charge is 1.96. The Kier molecular flexibility index (Phi) is 7.51. The van der Waals surface area contributed by atoms with E-state index >= 15 is 0 Å². The summed E-state index contributed by atoms with van der Waals surface area (Å²) in [6, 6.07) is 14.9. The molecule has 0 aliphatic heterocycles. The fourth-order valence-electron chi connectivity index (χ4n) is 1.55. The molecule has 0 saturated heterocycles. The summed E-state index contributed by atoms with van der Waals surface area (Å²) in [6.45, 7) is 2.04. The average Bonchev–Trinajstić information content (AvgIpc) is 2.57. The van der Waals surface area contributed by atoms with E-state index in [0.29, 0.717) is 11.4 Å². The standard InChI is InChI=1S/C7H9N.C6H8N2.C6H6N2/c1-6-2-4-7(8)5-3-6;2*7-5-1-2-6(8)4-3-5/h2-5H,8H2,1H3;1-4H,7-8H2;1-4,7-8H/p+1. The van der Waals surface area contributed by atoms with Gasteiger partial charge in [0.05, 0.1) is 5.71 Å². The molecule has 0 fully saturated rings. The first-order valence-electron chi connectivity index (χ1n) is 7.37. The minimum atomic E-state index is 0.499. The highest BCUT2D eigenvalue weighted by molar-refractivity contribution is 6.15. The molecule has 2 aromatic carbocycles. The Bertz CT molecular complexity index is 602. The molecular formula is C19H24N5+. The van der Waals surface area contributed by atoms with Crippen molar-refractivity contribution in [2.45, 2.75) is 6.92 Å². The molecule has 0 radical (unpaired) electrons. The summed E-state index contributed by atoms with van der Waals surface area (Å²) < 4.78 is 0. The Labute approximate surface area is 142 Å². The molecule has 0 saturated carbocycles. The number of hydrogen-bond donors (Lipinski definition) is 5. The topological polar surface area (TPSA) is 128 Å². The Hall–Kier alpha value is -3.34. The molecule has 3 rings (SSSR count). The lowest BCUT2D eigenvalue weighted by atomic mass is 10.2. The zero-order valence-electron chi connectivity index (χ0n) is 13.7. The monoisotopic (exact) mass is 322 g/mol. The van der Waals surface area contributed by atoms with Crippen LogP contribution in [-0.2, 0) is 0 Å². The number of benzene rings is 2. The molecule has 24 heavy (non-hydrogen) atoms. The molecule has 0 unspecified atom stereocenters. The van der Waals surface area contributed by atoms with Crippen molar-refractivity contribution in [3.05, 3.63) is 78.4 Å². The third kappa shape index (κ3) is 8.19. The van der Waals surface area contributed by atoms with Crippen LogP contribution < -0.4 is 22.6 Å². The van der Waals surface area contributed by atoms with Gasteiger partial charge in [-0.05, 0) is 55.5 Å². The van der Waals surface area contributed by atoms with Crippen molar-refractivity contribution >= 4 is 28.5 Å². The minimum absolute atomic E-state index is 0.499. The first-order valence-corrected chi connectivity index (χ1v) is 7.37. The Morgan fingerprint density at radius 2 is 1.00 bits per heavy atom. The molecule has 0 bridgehead atoms. The molecule has 1 aliphatic rings. The number of aryl methyl sites for hydroxylation is 1. The van der Waals surface area contributed by atoms with Gasteiger partial charge in [-0.25, -0.2) is 0 Å². The van der Waals surface area contributed by atoms with Crippen LogP contribution in [0.1, 0.15) is 5.56 Å². The summed E-state index contributed by atoms with van der Waals surface area (Å²) >= 11 is 0. The largest absolute Gasteiger partial charge is 0.399 e. The number of nitrogens with two attached hydrogens (primary N) is 4. The van der Waals surface area contributed by atoms with E-state index in [-0.39, 0.29) is 0 Å². The maximum Gasteiger partial charge on any atom is 0.196 e. The highest BCUT2D eigenvalue weighted by Crippen LogP contribution is 2.05. The van der Waals surface area contributed by atoms with Crippen LogP contribution in [0, 0.1) is 12.3 Å². The number of allylic oxidation sites excluding steroid dienone is 4. The van der Waals surface area contributed by atoms with Crippen molar-refractivity contribution in [1.82, 2.24) is 0 Å². The van der Waals surface area contributed by atoms with Crippen LogP contribution in [0.5, 0.6) is 0 Å². The lowest BCUT2D eigenvalue weighted by molar-refractivity contribution is -0.110. The molecule has 0 atom stereocenters. The van der Waals surface area contributed by atoms with Gasteiger partial charge in [-0.2, -0.15) is 0 Å². The van der Waals surface area contributed by atoms with Crippen LogP contribution in [0.2, 0.25) is 0 Å². The predicted octanol–water partition coefficient (Wildman–Crippen LogP) is 1.76. The maximum absolute atomic E-state index is 7.04. The average molecular weight is 322 g/mol. The fourth-order valence-corrected chi connectivity index (χ4v) is 1.55. The number of nitrogens with one attached hydrogen (secondary N) is 1. The summed E-state index contributed by atoms with van der Waals surface area (Å²) in [5, 5.41) is 12.4. The van der Waals surface area contributed by atoms with Crippen molar-refractivity contribution in [3.63, 3.8) is 0 Å². The number of nitrogen functional groups attached to an aromatic ring is 3. The van der Waals surface area contributed by atoms with Crippen molar-refractivity contribution in [2.75, 3.05) is 17.2 Å². The second-order valence-corrected chi connectivity index (χ2v) is 5.20. The van der Waals surface area contributed by atoms with Crippen LogP contribution in [0.15, 0.2) is 72.8 Å². The lowest BCUT2D eigenvalue weighted by Gasteiger charge is -1.90. The molecular weight excluding hydrogens is 298 g/mol. The first-order chi connectivity index (χ1) is 11.4. The zero-order chi connectivity index (χ0) is 17.9. The van der Waals surface area contributed by atoms with Gasteiger partial charge in [0.15, 0.2) is 5.71 Å². The molecule has 9 N–H and O–H groups in total. The summed E-state index contributed by atoms with van der Waals surface area (Å²) in [6.07, 6.45) is 6.75. The van der Waals surface area contributed by atoms with E-state index in [1.165, 1.54) is 5.56 Å². The molecule has 124 valence electrons. The minimum Gasteiger partial charge on any atom is -0.399 e. The van der Waals surface area contributed by atoms with Crippen molar-refractivity contribution in [2.24, 2.45) is 0 Å². The van der Waals surface area contributed by atoms with Gasteiger partial charge in [-0.1, -0.05) is 17.7 Å². The second-order valence-electron chi connectivity index (χ2n) is 5.20. The number of rotatable bonds is 0. The third-order valence-electron chi connectivity index (χ3n) is 2.92. The first kappa shape index (κ1) is 18.7. The summed E-state index contributed by atoms with van der Waals surface area (Å²) in [5.41, 5.74) is 21.0. The summed E-state index contributed by atoms with van der Waals surface area (Å²) in [7, 11) is 0. The van der Waals surface area contributed by atoms with E-state index in [1.54, 1.807) is 48.6 Å². The van der Waals surface area contributed by atoms with Crippen LogP contribution in [0.4, 0.5) is 17.1 Å². The Morgan fingerprint density at radius 3 is 1.29 bits per heavy atom. The maximum atomic E-state index is 7.04. The van der Waals surface area contributed by atoms with Crippen molar-refractivity contribution in [1.29, 1.82) is 5.41 Å². The fraction of sp³-hybridized carbons (Fsp3) is 0.0526. The molecule has 0 spiro atoms. The second kappa shape index (κ2) is 9.63. The smallest absolute Gasteiger partial charge is 0.196 e. The van der Waals surface area contributed by atoms with Crippen LogP contribution in [0.3, 0.4) is 0 Å². The molecule has 1 aliphatic carbocycles. The normalized spacial score (nSPS) is 11.9. The zero-order valence-corrected chi connectivity index (χ0v) is 13.7. The molecule has 2 aromatic rings. The SMILES string of the molecule is Cc1ccc(N)cc1.N=C1C=CC(=[NH2+])C=C1.Nc1ccc(N)cc1. The Balaban J connectivity index is 0.000000180. The van der Waals surface area contributed by atoms with Gasteiger partial charge < -0.3 is 22.6 Å². The molecule has 0 aromatic heterocycles. The van der Waals surface area contributed by atoms with Crippen LogP contribution in [0.25, 0.3) is 0 Å². The third-order valence-corrected chi connectivity index (χ3v) is 2.92. The van der Waals surface area contributed by atoms with E-state index in [2.05, 4.69) is 0 Å². The summed E-state index contributed by atoms with van der Waals surface area (Å²) in [5.74, 6) is 0. The molecule has 0 amide bonds. The van der Waals surface area contributed by atoms with Crippen molar-refractivity contribution < 1.29 is 5.41 Å². The van der Waals surface area contributed by atoms with E-state index in [4.69, 9.17) is 28.0 Å². The van der Waals surface area contributed by atoms with Gasteiger partial charge in [-0.15, -0.1) is 0 Å². The highest BCUT2D eigenvalue weighted by atomic mass is 14.6. The van der Waals surface area contributed by atoms with Gasteiger partial charge in [-0.3, -0.25) is 5.41 Å². The van der Waals surface area contributed by atoms with Gasteiger partial charge in [0.25, 0.3) is 0 Å². The van der Waals surface area contributed by atoms with Gasteiger partial charge >= 0.3 is 0 Å². The van der Waals surface area contributed by atoms with E-state index in [1.807, 2.05) is 31.2 Å².